The van der Waals surface area contributed by atoms with E-state index < -0.39 is 0 Å². The maximum atomic E-state index is 12.7. The molecule has 3 rings (SSSR count). The summed E-state index contributed by atoms with van der Waals surface area (Å²) in [5.74, 6) is 0.675. The number of carbonyl (C=O) groups is 1. The first-order valence-corrected chi connectivity index (χ1v) is 8.58. The van der Waals surface area contributed by atoms with E-state index in [1.165, 1.54) is 12.8 Å². The third-order valence-electron chi connectivity index (χ3n) is 4.71. The lowest BCUT2D eigenvalue weighted by atomic mass is 9.96. The van der Waals surface area contributed by atoms with E-state index in [9.17, 15) is 4.79 Å². The molecule has 2 N–H and O–H groups in total. The molecule has 1 unspecified atom stereocenters. The zero-order valence-corrected chi connectivity index (χ0v) is 15.1. The summed E-state index contributed by atoms with van der Waals surface area (Å²) in [7, 11) is 0. The molecule has 0 bridgehead atoms. The van der Waals surface area contributed by atoms with Crippen LogP contribution < -0.4 is 5.73 Å². The van der Waals surface area contributed by atoms with Gasteiger partial charge >= 0.3 is 0 Å². The van der Waals surface area contributed by atoms with E-state index in [2.05, 4.69) is 9.88 Å². The van der Waals surface area contributed by atoms with Gasteiger partial charge in [-0.1, -0.05) is 6.42 Å². The molecule has 1 aliphatic heterocycles. The van der Waals surface area contributed by atoms with Gasteiger partial charge in [0, 0.05) is 30.6 Å². The van der Waals surface area contributed by atoms with E-state index in [1.807, 2.05) is 11.6 Å². The molecular weight excluding hydrogens is 341 g/mol. The molecule has 1 saturated carbocycles. The summed E-state index contributed by atoms with van der Waals surface area (Å²) in [5.41, 5.74) is 6.11. The van der Waals surface area contributed by atoms with Gasteiger partial charge in [-0.2, -0.15) is 0 Å². The molecule has 7 heteroatoms. The number of rotatable bonds is 3. The van der Waals surface area contributed by atoms with Gasteiger partial charge in [0.25, 0.3) is 0 Å². The van der Waals surface area contributed by atoms with Gasteiger partial charge in [0.05, 0.1) is 6.04 Å². The van der Waals surface area contributed by atoms with Gasteiger partial charge in [-0.3, -0.25) is 4.79 Å². The Morgan fingerprint density at radius 3 is 2.73 bits per heavy atom. The number of thiazole rings is 1. The van der Waals surface area contributed by atoms with E-state index in [4.69, 9.17) is 5.73 Å². The fourth-order valence-corrected chi connectivity index (χ4v) is 4.33. The lowest BCUT2D eigenvalue weighted by molar-refractivity contribution is -0.136. The predicted octanol–water partition coefficient (Wildman–Crippen LogP) is 3.56. The molecule has 0 aromatic carbocycles. The highest BCUT2D eigenvalue weighted by Crippen LogP contribution is 2.34. The van der Waals surface area contributed by atoms with Gasteiger partial charge < -0.3 is 10.6 Å². The molecule has 1 saturated heterocycles. The van der Waals surface area contributed by atoms with Crippen LogP contribution in [0.5, 0.6) is 0 Å². The first-order chi connectivity index (χ1) is 9.75. The summed E-state index contributed by atoms with van der Waals surface area (Å²) in [4.78, 5) is 19.1. The smallest absolute Gasteiger partial charge is 0.223 e. The summed E-state index contributed by atoms with van der Waals surface area (Å²) in [5, 5.41) is 3.09. The Morgan fingerprint density at radius 2 is 2.09 bits per heavy atom. The molecule has 1 aromatic heterocycles. The molecule has 2 heterocycles. The van der Waals surface area contributed by atoms with Crippen LogP contribution >= 0.6 is 36.2 Å². The topological polar surface area (TPSA) is 59.2 Å². The highest BCUT2D eigenvalue weighted by Gasteiger charge is 2.33. The Hall–Kier alpha value is -0.360. The summed E-state index contributed by atoms with van der Waals surface area (Å²) in [6, 6.07) is 0.427. The number of carbonyl (C=O) groups excluding carboxylic acids is 1. The van der Waals surface area contributed by atoms with Gasteiger partial charge in [-0.15, -0.1) is 36.2 Å². The first kappa shape index (κ1) is 19.7. The number of halogens is 2. The van der Waals surface area contributed by atoms with Crippen molar-refractivity contribution < 1.29 is 4.79 Å². The number of nitrogens with two attached hydrogens (primary N) is 1. The van der Waals surface area contributed by atoms with Crippen molar-refractivity contribution >= 4 is 42.1 Å². The molecule has 3 atom stereocenters. The molecule has 0 radical (unpaired) electrons. The van der Waals surface area contributed by atoms with Crippen molar-refractivity contribution in [2.75, 3.05) is 6.54 Å². The molecule has 2 fully saturated rings. The molecule has 22 heavy (non-hydrogen) atoms. The van der Waals surface area contributed by atoms with E-state index in [-0.39, 0.29) is 42.8 Å². The summed E-state index contributed by atoms with van der Waals surface area (Å²) in [6.45, 7) is 0.880. The Kier molecular flexibility index (Phi) is 8.11. The van der Waals surface area contributed by atoms with Gasteiger partial charge in [0.1, 0.15) is 5.01 Å². The molecule has 1 amide bonds. The molecular formula is C15H25Cl2N3OS. The van der Waals surface area contributed by atoms with E-state index >= 15 is 0 Å². The van der Waals surface area contributed by atoms with Gasteiger partial charge in [0.15, 0.2) is 0 Å². The summed E-state index contributed by atoms with van der Waals surface area (Å²) >= 11 is 1.66. The van der Waals surface area contributed by atoms with Crippen molar-refractivity contribution in [2.45, 2.75) is 57.0 Å². The van der Waals surface area contributed by atoms with Crippen LogP contribution in [-0.4, -0.2) is 28.4 Å². The Labute approximate surface area is 148 Å². The first-order valence-electron chi connectivity index (χ1n) is 7.70. The number of hydrogen-bond donors (Lipinski definition) is 1. The number of likely N-dealkylation sites (tertiary alicyclic amines) is 1. The Balaban J connectivity index is 0.00000121. The number of piperidine rings is 1. The third-order valence-corrected chi connectivity index (χ3v) is 5.59. The van der Waals surface area contributed by atoms with E-state index in [0.717, 1.165) is 37.2 Å². The zero-order chi connectivity index (χ0) is 13.9. The monoisotopic (exact) mass is 365 g/mol. The third kappa shape index (κ3) is 4.34. The highest BCUT2D eigenvalue weighted by atomic mass is 35.5. The molecule has 4 nitrogen and oxygen atoms in total. The Morgan fingerprint density at radius 1 is 1.27 bits per heavy atom. The van der Waals surface area contributed by atoms with Crippen LogP contribution in [0, 0.1) is 5.92 Å². The van der Waals surface area contributed by atoms with Crippen molar-refractivity contribution in [1.29, 1.82) is 0 Å². The maximum Gasteiger partial charge on any atom is 0.223 e. The molecule has 2 aliphatic rings. The normalized spacial score (nSPS) is 27.9. The zero-order valence-electron chi connectivity index (χ0n) is 12.6. The second-order valence-corrected chi connectivity index (χ2v) is 6.95. The van der Waals surface area contributed by atoms with Gasteiger partial charge in [0.2, 0.25) is 5.91 Å². The summed E-state index contributed by atoms with van der Waals surface area (Å²) in [6.07, 6.45) is 9.19. The van der Waals surface area contributed by atoms with Crippen LogP contribution in [0.3, 0.4) is 0 Å². The molecule has 0 spiro atoms. The highest BCUT2D eigenvalue weighted by molar-refractivity contribution is 7.09. The van der Waals surface area contributed by atoms with Crippen molar-refractivity contribution in [3.05, 3.63) is 16.6 Å². The summed E-state index contributed by atoms with van der Waals surface area (Å²) < 4.78 is 0. The minimum absolute atomic E-state index is 0. The van der Waals surface area contributed by atoms with E-state index in [1.54, 1.807) is 11.3 Å². The lowest BCUT2D eigenvalue weighted by Gasteiger charge is -2.35. The van der Waals surface area contributed by atoms with Crippen LogP contribution in [0.2, 0.25) is 0 Å². The van der Waals surface area contributed by atoms with Crippen LogP contribution in [0.1, 0.15) is 56.0 Å². The van der Waals surface area contributed by atoms with Gasteiger partial charge in [-0.05, 0) is 38.0 Å². The lowest BCUT2D eigenvalue weighted by Crippen LogP contribution is -2.40. The van der Waals surface area contributed by atoms with Crippen molar-refractivity contribution in [3.8, 4) is 0 Å². The number of amides is 1. The van der Waals surface area contributed by atoms with Crippen molar-refractivity contribution in [1.82, 2.24) is 9.88 Å². The number of nitrogens with zero attached hydrogens (tertiary/aromatic N) is 2. The predicted molar refractivity (Wildman–Crippen MR) is 94.8 cm³/mol. The molecule has 1 aliphatic carbocycles. The second-order valence-electron chi connectivity index (χ2n) is 6.03. The fraction of sp³-hybridized carbons (Fsp3) is 0.733. The number of hydrogen-bond acceptors (Lipinski definition) is 4. The quantitative estimate of drug-likeness (QED) is 0.890. The largest absolute Gasteiger partial charge is 0.333 e. The van der Waals surface area contributed by atoms with Crippen LogP contribution in [0.4, 0.5) is 0 Å². The fourth-order valence-electron chi connectivity index (χ4n) is 3.55. The Bertz CT molecular complexity index is 458. The number of aromatic nitrogens is 1. The second kappa shape index (κ2) is 9.06. The molecule has 1 aromatic rings. The average molecular weight is 366 g/mol. The van der Waals surface area contributed by atoms with Crippen LogP contribution in [0.25, 0.3) is 0 Å². The van der Waals surface area contributed by atoms with Crippen molar-refractivity contribution in [2.24, 2.45) is 11.7 Å². The minimum Gasteiger partial charge on any atom is -0.333 e. The minimum atomic E-state index is 0. The van der Waals surface area contributed by atoms with Crippen LogP contribution in [-0.2, 0) is 4.79 Å². The molecule has 126 valence electrons. The SMILES string of the molecule is Cl.Cl.N[C@@H]1CCC[C@H]1CC(=O)N1CCCCC1c1nccs1. The van der Waals surface area contributed by atoms with Crippen molar-refractivity contribution in [3.63, 3.8) is 0 Å². The van der Waals surface area contributed by atoms with E-state index in [0.29, 0.717) is 12.3 Å². The average Bonchev–Trinajstić information content (AvgIpc) is 3.11. The standard InChI is InChI=1S/C15H23N3OS.2ClH/c16-12-5-3-4-11(12)10-14(19)18-8-2-1-6-13(18)15-17-7-9-20-15;;/h7,9,11-13H,1-6,8,10,16H2;2*1H/t11-,12+,13?;;/m0../s1. The maximum absolute atomic E-state index is 12.7. The van der Waals surface area contributed by atoms with Crippen LogP contribution in [0.15, 0.2) is 11.6 Å². The van der Waals surface area contributed by atoms with Gasteiger partial charge in [-0.25, -0.2) is 4.98 Å².